The number of hydrogen-bond donors (Lipinski definition) is 1. The molecule has 2 nitrogen and oxygen atoms in total. The van der Waals surface area contributed by atoms with Gasteiger partial charge in [0, 0.05) is 12.5 Å². The van der Waals surface area contributed by atoms with Crippen molar-refractivity contribution in [3.05, 3.63) is 35.1 Å². The maximum Gasteiger partial charge on any atom is 0.303 e. The lowest BCUT2D eigenvalue weighted by Crippen LogP contribution is -2.06. The quantitative estimate of drug-likeness (QED) is 0.810. The van der Waals surface area contributed by atoms with Crippen molar-refractivity contribution in [3.63, 3.8) is 0 Å². The van der Waals surface area contributed by atoms with E-state index in [0.717, 1.165) is 6.07 Å². The monoisotopic (exact) mass is 246 g/mol. The van der Waals surface area contributed by atoms with Crippen molar-refractivity contribution in [1.82, 2.24) is 0 Å². The van der Waals surface area contributed by atoms with E-state index in [1.165, 1.54) is 0 Å². The molecule has 0 aliphatic heterocycles. The van der Waals surface area contributed by atoms with Gasteiger partial charge < -0.3 is 5.11 Å². The minimum Gasteiger partial charge on any atom is -0.481 e. The third-order valence-electron chi connectivity index (χ3n) is 2.52. The molecule has 0 aromatic heterocycles. The van der Waals surface area contributed by atoms with Crippen molar-refractivity contribution in [2.24, 2.45) is 5.92 Å². The smallest absolute Gasteiger partial charge is 0.303 e. The average molecular weight is 246 g/mol. The molecule has 1 aromatic carbocycles. The predicted molar refractivity (Wildman–Crippen MR) is 56.1 cm³/mol. The first-order valence-corrected chi connectivity index (χ1v) is 5.25. The fraction of sp³-hybridized carbons (Fsp3) is 0.417. The molecule has 0 aliphatic rings. The summed E-state index contributed by atoms with van der Waals surface area (Å²) >= 11 is 0. The van der Waals surface area contributed by atoms with E-state index in [-0.39, 0.29) is 24.3 Å². The number of carboxylic acids is 1. The molecule has 0 heterocycles. The van der Waals surface area contributed by atoms with Gasteiger partial charge in [0.1, 0.15) is 5.82 Å². The summed E-state index contributed by atoms with van der Waals surface area (Å²) in [6.45, 7) is 1.71. The van der Waals surface area contributed by atoms with Gasteiger partial charge in [-0.2, -0.15) is 0 Å². The van der Waals surface area contributed by atoms with Gasteiger partial charge >= 0.3 is 5.97 Å². The van der Waals surface area contributed by atoms with Crippen LogP contribution in [0.1, 0.15) is 25.3 Å². The maximum atomic E-state index is 13.2. The summed E-state index contributed by atoms with van der Waals surface area (Å²) in [7, 11) is 0. The van der Waals surface area contributed by atoms with E-state index >= 15 is 0 Å². The molecule has 0 amide bonds. The number of halogens is 3. The predicted octanol–water partition coefficient (Wildman–Crippen LogP) is 3.15. The molecule has 1 atom stereocenters. The van der Waals surface area contributed by atoms with Crippen LogP contribution in [0.15, 0.2) is 12.1 Å². The number of carboxylic acid groups (broad SMARTS) is 1. The van der Waals surface area contributed by atoms with E-state index < -0.39 is 23.4 Å². The van der Waals surface area contributed by atoms with Crippen LogP contribution in [-0.4, -0.2) is 11.1 Å². The molecule has 0 fully saturated rings. The number of hydrogen-bond acceptors (Lipinski definition) is 1. The van der Waals surface area contributed by atoms with Crippen LogP contribution in [0.2, 0.25) is 0 Å². The normalized spacial score (nSPS) is 12.5. The average Bonchev–Trinajstić information content (AvgIpc) is 2.20. The van der Waals surface area contributed by atoms with Crippen LogP contribution in [0.25, 0.3) is 0 Å². The van der Waals surface area contributed by atoms with E-state index in [0.29, 0.717) is 12.5 Å². The Morgan fingerprint density at radius 1 is 1.24 bits per heavy atom. The minimum absolute atomic E-state index is 0.0225. The molecule has 5 heteroatoms. The van der Waals surface area contributed by atoms with Gasteiger partial charge in [0.05, 0.1) is 0 Å². The summed E-state index contributed by atoms with van der Waals surface area (Å²) < 4.78 is 38.7. The Kier molecular flexibility index (Phi) is 4.54. The van der Waals surface area contributed by atoms with Crippen LogP contribution in [0.4, 0.5) is 13.2 Å². The maximum absolute atomic E-state index is 13.2. The largest absolute Gasteiger partial charge is 0.481 e. The molecule has 0 bridgehead atoms. The number of benzene rings is 1. The highest BCUT2D eigenvalue weighted by atomic mass is 19.2. The number of rotatable bonds is 5. The van der Waals surface area contributed by atoms with Gasteiger partial charge in [0.25, 0.3) is 0 Å². The van der Waals surface area contributed by atoms with Crippen molar-refractivity contribution in [3.8, 4) is 0 Å². The van der Waals surface area contributed by atoms with Crippen LogP contribution < -0.4 is 0 Å². The zero-order valence-electron chi connectivity index (χ0n) is 9.34. The Bertz CT molecular complexity index is 418. The van der Waals surface area contributed by atoms with Crippen molar-refractivity contribution in [2.45, 2.75) is 26.2 Å². The van der Waals surface area contributed by atoms with Gasteiger partial charge in [-0.1, -0.05) is 6.92 Å². The lowest BCUT2D eigenvalue weighted by Gasteiger charge is -2.09. The van der Waals surface area contributed by atoms with Crippen LogP contribution in [-0.2, 0) is 11.2 Å². The summed E-state index contributed by atoms with van der Waals surface area (Å²) in [5, 5.41) is 8.53. The van der Waals surface area contributed by atoms with E-state index in [1.54, 1.807) is 6.92 Å². The highest BCUT2D eigenvalue weighted by Gasteiger charge is 2.12. The Morgan fingerprint density at radius 2 is 1.82 bits per heavy atom. The molecular formula is C12H13F3O2. The summed E-state index contributed by atoms with van der Waals surface area (Å²) in [4.78, 5) is 10.4. The van der Waals surface area contributed by atoms with Crippen LogP contribution >= 0.6 is 0 Å². The Balaban J connectivity index is 2.63. The molecule has 94 valence electrons. The molecule has 0 spiro atoms. The summed E-state index contributed by atoms with van der Waals surface area (Å²) in [6, 6.07) is 1.32. The van der Waals surface area contributed by atoms with E-state index in [2.05, 4.69) is 0 Å². The minimum atomic E-state index is -1.22. The topological polar surface area (TPSA) is 37.3 Å². The van der Waals surface area contributed by atoms with Gasteiger partial charge in [0.15, 0.2) is 11.6 Å². The fourth-order valence-electron chi connectivity index (χ4n) is 1.56. The second-order valence-corrected chi connectivity index (χ2v) is 4.10. The molecule has 0 saturated carbocycles. The van der Waals surface area contributed by atoms with Crippen molar-refractivity contribution in [2.75, 3.05) is 0 Å². The molecule has 0 saturated heterocycles. The van der Waals surface area contributed by atoms with E-state index in [9.17, 15) is 18.0 Å². The molecule has 1 rings (SSSR count). The molecule has 1 N–H and O–H groups in total. The Labute approximate surface area is 97.1 Å². The zero-order valence-corrected chi connectivity index (χ0v) is 9.34. The first-order chi connectivity index (χ1) is 7.90. The second-order valence-electron chi connectivity index (χ2n) is 4.10. The second kappa shape index (κ2) is 5.70. The van der Waals surface area contributed by atoms with Gasteiger partial charge in [-0.25, -0.2) is 13.2 Å². The third kappa shape index (κ3) is 4.09. The van der Waals surface area contributed by atoms with Gasteiger partial charge in [-0.15, -0.1) is 0 Å². The first kappa shape index (κ1) is 13.5. The van der Waals surface area contributed by atoms with E-state index in [4.69, 9.17) is 5.11 Å². The molecule has 0 radical (unpaired) electrons. The summed E-state index contributed by atoms with van der Waals surface area (Å²) in [5.74, 6) is -4.17. The Morgan fingerprint density at radius 3 is 2.41 bits per heavy atom. The number of aliphatic carboxylic acids is 1. The fourth-order valence-corrected chi connectivity index (χ4v) is 1.56. The standard InChI is InChI=1S/C12H13F3O2/c1-7(4-12(16)17)2-3-8-5-10(14)11(15)6-9(8)13/h5-7H,2-4H2,1H3,(H,16,17). The Hall–Kier alpha value is -1.52. The van der Waals surface area contributed by atoms with Crippen LogP contribution in [0, 0.1) is 23.4 Å². The van der Waals surface area contributed by atoms with Gasteiger partial charge in [0.2, 0.25) is 0 Å². The lowest BCUT2D eigenvalue weighted by atomic mass is 9.98. The number of aryl methyl sites for hydroxylation is 1. The van der Waals surface area contributed by atoms with Crippen molar-refractivity contribution >= 4 is 5.97 Å². The molecule has 17 heavy (non-hydrogen) atoms. The highest BCUT2D eigenvalue weighted by Crippen LogP contribution is 2.18. The summed E-state index contributed by atoms with van der Waals surface area (Å²) in [5.41, 5.74) is 0.0705. The zero-order chi connectivity index (χ0) is 13.0. The summed E-state index contributed by atoms with van der Waals surface area (Å²) in [6.07, 6.45) is 0.580. The highest BCUT2D eigenvalue weighted by molar-refractivity contribution is 5.66. The van der Waals surface area contributed by atoms with Gasteiger partial charge in [-0.05, 0) is 30.4 Å². The van der Waals surface area contributed by atoms with Gasteiger partial charge in [-0.3, -0.25) is 4.79 Å². The molecular weight excluding hydrogens is 233 g/mol. The SMILES string of the molecule is CC(CCc1cc(F)c(F)cc1F)CC(=O)O. The molecule has 0 aliphatic carbocycles. The number of carbonyl (C=O) groups is 1. The third-order valence-corrected chi connectivity index (χ3v) is 2.52. The first-order valence-electron chi connectivity index (χ1n) is 5.25. The van der Waals surface area contributed by atoms with Crippen molar-refractivity contribution in [1.29, 1.82) is 0 Å². The molecule has 1 aromatic rings. The van der Waals surface area contributed by atoms with Crippen LogP contribution in [0.3, 0.4) is 0 Å². The van der Waals surface area contributed by atoms with Crippen LogP contribution in [0.5, 0.6) is 0 Å². The van der Waals surface area contributed by atoms with E-state index in [1.807, 2.05) is 0 Å². The lowest BCUT2D eigenvalue weighted by molar-refractivity contribution is -0.138. The van der Waals surface area contributed by atoms with Crippen molar-refractivity contribution < 1.29 is 23.1 Å². The molecule has 1 unspecified atom stereocenters.